The molecule has 0 unspecified atom stereocenters. The molecule has 3 rings (SSSR count). The molecule has 0 aromatic heterocycles. The lowest BCUT2D eigenvalue weighted by Gasteiger charge is -2.22. The zero-order chi connectivity index (χ0) is 21.7. The summed E-state index contributed by atoms with van der Waals surface area (Å²) in [5.74, 6) is -1.86. The lowest BCUT2D eigenvalue weighted by Crippen LogP contribution is -2.28. The van der Waals surface area contributed by atoms with Crippen LogP contribution in [0.2, 0.25) is 0 Å². The van der Waals surface area contributed by atoms with Crippen molar-refractivity contribution >= 4 is 17.5 Å². The molecule has 0 radical (unpaired) electrons. The number of ketones is 2. The first-order chi connectivity index (χ1) is 14.3. The van der Waals surface area contributed by atoms with Gasteiger partial charge in [-0.3, -0.25) is 24.5 Å². The van der Waals surface area contributed by atoms with Crippen molar-refractivity contribution in [2.45, 2.75) is 57.8 Å². The minimum atomic E-state index is -0.706. The van der Waals surface area contributed by atoms with Gasteiger partial charge in [-0.05, 0) is 30.2 Å². The molecule has 0 heterocycles. The normalized spacial score (nSPS) is 24.6. The Morgan fingerprint density at radius 3 is 2.43 bits per heavy atom. The van der Waals surface area contributed by atoms with Crippen LogP contribution in [0.1, 0.15) is 73.7 Å². The van der Waals surface area contributed by atoms with E-state index in [-0.39, 0.29) is 36.9 Å². The van der Waals surface area contributed by atoms with Crippen molar-refractivity contribution in [3.8, 4) is 0 Å². The highest BCUT2D eigenvalue weighted by atomic mass is 16.6. The first kappa shape index (κ1) is 22.1. The molecule has 0 bridgehead atoms. The predicted octanol–water partition coefficient (Wildman–Crippen LogP) is 3.97. The number of benzene rings is 1. The SMILES string of the molecule is C[C@@H]1CC(=O)[C@H](CC(=O)OCC(=O)c2ccc(C3CCCCC3)cc2)[C@@H]1C[N+](=O)[O-]. The van der Waals surface area contributed by atoms with Gasteiger partial charge in [-0.1, -0.05) is 50.5 Å². The average Bonchev–Trinajstić information content (AvgIpc) is 2.99. The van der Waals surface area contributed by atoms with Crippen molar-refractivity contribution < 1.29 is 24.0 Å². The number of esters is 1. The van der Waals surface area contributed by atoms with Gasteiger partial charge in [-0.15, -0.1) is 0 Å². The number of carbonyl (C=O) groups excluding carboxylic acids is 3. The van der Waals surface area contributed by atoms with E-state index in [2.05, 4.69) is 0 Å². The number of nitrogens with zero attached hydrogens (tertiary/aromatic N) is 1. The minimum Gasteiger partial charge on any atom is -0.457 e. The van der Waals surface area contributed by atoms with Crippen molar-refractivity contribution in [2.24, 2.45) is 17.8 Å². The van der Waals surface area contributed by atoms with Crippen LogP contribution < -0.4 is 0 Å². The molecule has 2 fully saturated rings. The maximum atomic E-state index is 12.4. The number of hydrogen-bond acceptors (Lipinski definition) is 6. The molecular formula is C23H29NO6. The van der Waals surface area contributed by atoms with Gasteiger partial charge in [-0.25, -0.2) is 0 Å². The molecule has 7 heteroatoms. The number of hydrogen-bond donors (Lipinski definition) is 0. The van der Waals surface area contributed by atoms with Gasteiger partial charge in [0.05, 0.1) is 6.42 Å². The van der Waals surface area contributed by atoms with Crippen molar-refractivity contribution in [3.63, 3.8) is 0 Å². The highest BCUT2D eigenvalue weighted by molar-refractivity contribution is 5.98. The molecule has 3 atom stereocenters. The third kappa shape index (κ3) is 5.52. The third-order valence-corrected chi connectivity index (χ3v) is 6.60. The highest BCUT2D eigenvalue weighted by Gasteiger charge is 2.44. The van der Waals surface area contributed by atoms with Crippen LogP contribution in [-0.2, 0) is 14.3 Å². The topological polar surface area (TPSA) is 104 Å². The maximum Gasteiger partial charge on any atom is 0.306 e. The van der Waals surface area contributed by atoms with Crippen LogP contribution in [-0.4, -0.2) is 35.6 Å². The Hall–Kier alpha value is -2.57. The summed E-state index contributed by atoms with van der Waals surface area (Å²) in [7, 11) is 0. The molecule has 0 spiro atoms. The Morgan fingerprint density at radius 1 is 1.13 bits per heavy atom. The molecule has 30 heavy (non-hydrogen) atoms. The van der Waals surface area contributed by atoms with Crippen molar-refractivity contribution in [3.05, 3.63) is 45.5 Å². The quantitative estimate of drug-likeness (QED) is 0.275. The van der Waals surface area contributed by atoms with Crippen LogP contribution in [0.3, 0.4) is 0 Å². The van der Waals surface area contributed by atoms with Crippen LogP contribution in [0.15, 0.2) is 24.3 Å². The van der Waals surface area contributed by atoms with E-state index in [1.807, 2.05) is 12.1 Å². The molecule has 0 aliphatic heterocycles. The first-order valence-electron chi connectivity index (χ1n) is 10.8. The molecule has 1 aromatic carbocycles. The third-order valence-electron chi connectivity index (χ3n) is 6.60. The molecule has 2 aliphatic carbocycles. The number of Topliss-reactive ketones (excluding diaryl/α,β-unsaturated/α-hetero) is 2. The summed E-state index contributed by atoms with van der Waals surface area (Å²) in [4.78, 5) is 47.1. The van der Waals surface area contributed by atoms with Gasteiger partial charge in [0.2, 0.25) is 6.54 Å². The van der Waals surface area contributed by atoms with Gasteiger partial charge in [0, 0.05) is 28.7 Å². The fraction of sp³-hybridized carbons (Fsp3) is 0.609. The minimum absolute atomic E-state index is 0.134. The second-order valence-corrected chi connectivity index (χ2v) is 8.68. The van der Waals surface area contributed by atoms with E-state index in [4.69, 9.17) is 4.74 Å². The van der Waals surface area contributed by atoms with E-state index in [0.29, 0.717) is 11.5 Å². The lowest BCUT2D eigenvalue weighted by molar-refractivity contribution is -0.490. The Balaban J connectivity index is 1.50. The summed E-state index contributed by atoms with van der Waals surface area (Å²) in [6.45, 7) is 1.06. The molecule has 0 amide bonds. The van der Waals surface area contributed by atoms with Crippen LogP contribution in [0.4, 0.5) is 0 Å². The molecule has 2 aliphatic rings. The van der Waals surface area contributed by atoms with Gasteiger partial charge in [-0.2, -0.15) is 0 Å². The summed E-state index contributed by atoms with van der Waals surface area (Å²) in [6.07, 6.45) is 6.16. The van der Waals surface area contributed by atoms with E-state index in [0.717, 1.165) is 0 Å². The van der Waals surface area contributed by atoms with Crippen molar-refractivity contribution in [1.82, 2.24) is 0 Å². The maximum absolute atomic E-state index is 12.4. The van der Waals surface area contributed by atoms with E-state index in [9.17, 15) is 24.5 Å². The van der Waals surface area contributed by atoms with Gasteiger partial charge in [0.1, 0.15) is 5.78 Å². The zero-order valence-corrected chi connectivity index (χ0v) is 17.4. The number of rotatable bonds is 8. The Bertz CT molecular complexity index is 796. The molecule has 0 N–H and O–H groups in total. The predicted molar refractivity (Wildman–Crippen MR) is 110 cm³/mol. The molecule has 2 saturated carbocycles. The summed E-state index contributed by atoms with van der Waals surface area (Å²) in [5, 5.41) is 10.9. The molecule has 0 saturated heterocycles. The smallest absolute Gasteiger partial charge is 0.306 e. The number of nitro groups is 1. The standard InChI is InChI=1S/C23H29NO6/c1-15-11-21(25)19(20(15)13-24(28)29)12-23(27)30-14-22(26)18-9-7-17(8-10-18)16-5-3-2-4-6-16/h7-10,15-16,19-20H,2-6,11-14H2,1H3/t15-,19-,20-/m1/s1. The fourth-order valence-electron chi connectivity index (χ4n) is 4.84. The lowest BCUT2D eigenvalue weighted by atomic mass is 9.84. The summed E-state index contributed by atoms with van der Waals surface area (Å²) >= 11 is 0. The second kappa shape index (κ2) is 9.96. The molecule has 162 valence electrons. The monoisotopic (exact) mass is 415 g/mol. The van der Waals surface area contributed by atoms with Gasteiger partial charge >= 0.3 is 5.97 Å². The average molecular weight is 415 g/mol. The van der Waals surface area contributed by atoms with Crippen molar-refractivity contribution in [2.75, 3.05) is 13.2 Å². The van der Waals surface area contributed by atoms with Crippen LogP contribution >= 0.6 is 0 Å². The summed E-state index contributed by atoms with van der Waals surface area (Å²) in [5.41, 5.74) is 1.73. The van der Waals surface area contributed by atoms with E-state index < -0.39 is 29.3 Å². The van der Waals surface area contributed by atoms with Gasteiger partial charge in [0.15, 0.2) is 12.4 Å². The number of ether oxygens (including phenoxy) is 1. The molecule has 1 aromatic rings. The first-order valence-corrected chi connectivity index (χ1v) is 10.8. The van der Waals surface area contributed by atoms with Gasteiger partial charge in [0.25, 0.3) is 0 Å². The highest BCUT2D eigenvalue weighted by Crippen LogP contribution is 2.36. The van der Waals surface area contributed by atoms with Gasteiger partial charge < -0.3 is 4.74 Å². The Morgan fingerprint density at radius 2 is 1.80 bits per heavy atom. The molecular weight excluding hydrogens is 386 g/mol. The van der Waals surface area contributed by atoms with Crippen LogP contribution in [0.25, 0.3) is 0 Å². The zero-order valence-electron chi connectivity index (χ0n) is 17.4. The van der Waals surface area contributed by atoms with E-state index >= 15 is 0 Å². The molecule has 7 nitrogen and oxygen atoms in total. The van der Waals surface area contributed by atoms with E-state index in [1.165, 1.54) is 37.7 Å². The summed E-state index contributed by atoms with van der Waals surface area (Å²) < 4.78 is 5.09. The fourth-order valence-corrected chi connectivity index (χ4v) is 4.84. The number of carbonyl (C=O) groups is 3. The summed E-state index contributed by atoms with van der Waals surface area (Å²) in [6, 6.07) is 7.50. The second-order valence-electron chi connectivity index (χ2n) is 8.68. The Kier molecular flexibility index (Phi) is 7.34. The van der Waals surface area contributed by atoms with Crippen LogP contribution in [0, 0.1) is 27.9 Å². The van der Waals surface area contributed by atoms with Crippen molar-refractivity contribution in [1.29, 1.82) is 0 Å². The van der Waals surface area contributed by atoms with E-state index in [1.54, 1.807) is 19.1 Å². The largest absolute Gasteiger partial charge is 0.457 e. The van der Waals surface area contributed by atoms with Crippen LogP contribution in [0.5, 0.6) is 0 Å². The Labute approximate surface area is 176 Å².